The van der Waals surface area contributed by atoms with Gasteiger partial charge in [0.2, 0.25) is 0 Å². The van der Waals surface area contributed by atoms with E-state index in [9.17, 15) is 14.4 Å². The fourth-order valence-electron chi connectivity index (χ4n) is 3.73. The second-order valence-corrected chi connectivity index (χ2v) is 7.60. The van der Waals surface area contributed by atoms with Gasteiger partial charge in [-0.05, 0) is 43.7 Å². The van der Waals surface area contributed by atoms with Gasteiger partial charge in [-0.15, -0.1) is 0 Å². The van der Waals surface area contributed by atoms with Gasteiger partial charge in [0.05, 0.1) is 19.3 Å². The van der Waals surface area contributed by atoms with Crippen molar-refractivity contribution in [3.63, 3.8) is 0 Å². The first kappa shape index (κ1) is 24.4. The molecular formula is C25H29NO7. The largest absolute Gasteiger partial charge is 0.489 e. The van der Waals surface area contributed by atoms with Crippen LogP contribution in [0.15, 0.2) is 54.6 Å². The van der Waals surface area contributed by atoms with Gasteiger partial charge in [0.1, 0.15) is 18.3 Å². The second kappa shape index (κ2) is 11.6. The molecule has 176 valence electrons. The standard InChI is InChI=1S/C25H29NO7/c1-4-30-24(28)22-20(26(3)33-23(22)25(29)31-5-2)15-21(27)18-11-13-19(14-12-18)32-16-17-9-7-6-8-10-17/h6-14,20,22-23H,4-5,15-16H2,1-3H3. The number of ether oxygens (including phenoxy) is 3. The quantitative estimate of drug-likeness (QED) is 0.399. The van der Waals surface area contributed by atoms with Crippen LogP contribution in [0.5, 0.6) is 5.75 Å². The van der Waals surface area contributed by atoms with Gasteiger partial charge in [-0.25, -0.2) is 4.79 Å². The molecule has 1 aliphatic rings. The van der Waals surface area contributed by atoms with Crippen molar-refractivity contribution in [1.29, 1.82) is 0 Å². The van der Waals surface area contributed by atoms with E-state index in [4.69, 9.17) is 19.0 Å². The lowest BCUT2D eigenvalue weighted by atomic mass is 9.89. The molecule has 8 nitrogen and oxygen atoms in total. The van der Waals surface area contributed by atoms with Crippen LogP contribution >= 0.6 is 0 Å². The molecule has 33 heavy (non-hydrogen) atoms. The Kier molecular flexibility index (Phi) is 8.57. The summed E-state index contributed by atoms with van der Waals surface area (Å²) in [5.74, 6) is -1.77. The Morgan fingerprint density at radius 2 is 1.55 bits per heavy atom. The molecule has 3 rings (SSSR count). The zero-order valence-electron chi connectivity index (χ0n) is 19.1. The number of nitrogens with zero attached hydrogens (tertiary/aromatic N) is 1. The minimum atomic E-state index is -1.15. The second-order valence-electron chi connectivity index (χ2n) is 7.60. The van der Waals surface area contributed by atoms with E-state index in [0.29, 0.717) is 17.9 Å². The smallest absolute Gasteiger partial charge is 0.338 e. The summed E-state index contributed by atoms with van der Waals surface area (Å²) in [5, 5.41) is 1.37. The summed E-state index contributed by atoms with van der Waals surface area (Å²) in [7, 11) is 1.59. The Morgan fingerprint density at radius 1 is 0.909 bits per heavy atom. The number of benzene rings is 2. The van der Waals surface area contributed by atoms with Gasteiger partial charge < -0.3 is 14.2 Å². The van der Waals surface area contributed by atoms with Crippen molar-refractivity contribution in [3.05, 3.63) is 65.7 Å². The van der Waals surface area contributed by atoms with Crippen LogP contribution in [0.1, 0.15) is 36.2 Å². The maximum Gasteiger partial charge on any atom is 0.338 e. The van der Waals surface area contributed by atoms with E-state index in [-0.39, 0.29) is 25.4 Å². The van der Waals surface area contributed by atoms with Crippen LogP contribution in [0.2, 0.25) is 0 Å². The number of ketones is 1. The van der Waals surface area contributed by atoms with Gasteiger partial charge in [0.25, 0.3) is 0 Å². The maximum absolute atomic E-state index is 13.0. The van der Waals surface area contributed by atoms with E-state index < -0.39 is 30.0 Å². The van der Waals surface area contributed by atoms with Gasteiger partial charge in [-0.1, -0.05) is 30.3 Å². The van der Waals surface area contributed by atoms with E-state index in [2.05, 4.69) is 0 Å². The Hall–Kier alpha value is -3.23. The minimum Gasteiger partial charge on any atom is -0.489 e. The fraction of sp³-hybridized carbons (Fsp3) is 0.400. The topological polar surface area (TPSA) is 91.4 Å². The van der Waals surface area contributed by atoms with Crippen LogP contribution in [0, 0.1) is 5.92 Å². The summed E-state index contributed by atoms with van der Waals surface area (Å²) in [6.07, 6.45) is -1.18. The highest BCUT2D eigenvalue weighted by Gasteiger charge is 2.51. The van der Waals surface area contributed by atoms with Gasteiger partial charge >= 0.3 is 11.9 Å². The number of rotatable bonds is 10. The van der Waals surface area contributed by atoms with E-state index in [1.807, 2.05) is 30.3 Å². The Bertz CT molecular complexity index is 945. The molecule has 0 bridgehead atoms. The zero-order chi connectivity index (χ0) is 23.8. The first-order valence-electron chi connectivity index (χ1n) is 11.0. The molecule has 1 aliphatic heterocycles. The number of carbonyl (C=O) groups excluding carboxylic acids is 3. The number of hydrogen-bond acceptors (Lipinski definition) is 8. The van der Waals surface area contributed by atoms with Gasteiger partial charge in [0.15, 0.2) is 11.9 Å². The summed E-state index contributed by atoms with van der Waals surface area (Å²) in [5.41, 5.74) is 1.51. The molecule has 0 N–H and O–H groups in total. The molecule has 0 aromatic heterocycles. The number of carbonyl (C=O) groups is 3. The van der Waals surface area contributed by atoms with Crippen LogP contribution in [-0.2, 0) is 30.5 Å². The monoisotopic (exact) mass is 455 g/mol. The molecule has 3 atom stereocenters. The third kappa shape index (κ3) is 6.18. The van der Waals surface area contributed by atoms with Crippen molar-refractivity contribution in [2.24, 2.45) is 5.92 Å². The first-order chi connectivity index (χ1) is 15.9. The summed E-state index contributed by atoms with van der Waals surface area (Å²) >= 11 is 0. The number of Topliss-reactive ketones (excluding diaryl/α,β-unsaturated/α-hetero) is 1. The van der Waals surface area contributed by atoms with Gasteiger partial charge in [-0.3, -0.25) is 14.4 Å². The van der Waals surface area contributed by atoms with E-state index in [1.165, 1.54) is 5.06 Å². The Balaban J connectivity index is 1.67. The van der Waals surface area contributed by atoms with Crippen LogP contribution < -0.4 is 4.74 Å². The van der Waals surface area contributed by atoms with Crippen LogP contribution in [0.25, 0.3) is 0 Å². The van der Waals surface area contributed by atoms with Crippen molar-refractivity contribution in [1.82, 2.24) is 5.06 Å². The molecule has 1 heterocycles. The lowest BCUT2D eigenvalue weighted by molar-refractivity contribution is -0.183. The SMILES string of the molecule is CCOC(=O)C1ON(C)C(CC(=O)c2ccc(OCc3ccccc3)cc2)C1C(=O)OCC. The number of esters is 2. The third-order valence-electron chi connectivity index (χ3n) is 5.38. The highest BCUT2D eigenvalue weighted by Crippen LogP contribution is 2.32. The average Bonchev–Trinajstić information content (AvgIpc) is 3.15. The Labute approximate surface area is 193 Å². The molecular weight excluding hydrogens is 426 g/mol. The molecule has 1 fully saturated rings. The van der Waals surface area contributed by atoms with Gasteiger partial charge in [-0.2, -0.15) is 5.06 Å². The molecule has 0 aliphatic carbocycles. The van der Waals surface area contributed by atoms with Crippen molar-refractivity contribution >= 4 is 17.7 Å². The van der Waals surface area contributed by atoms with Gasteiger partial charge in [0, 0.05) is 19.0 Å². The molecule has 2 aromatic rings. The van der Waals surface area contributed by atoms with Crippen LogP contribution in [-0.4, -0.2) is 55.2 Å². The highest BCUT2D eigenvalue weighted by atomic mass is 16.7. The normalized spacial score (nSPS) is 20.3. The fourth-order valence-corrected chi connectivity index (χ4v) is 3.73. The predicted molar refractivity (Wildman–Crippen MR) is 119 cm³/mol. The molecule has 8 heteroatoms. The zero-order valence-corrected chi connectivity index (χ0v) is 19.1. The van der Waals surface area contributed by atoms with Crippen LogP contribution in [0.4, 0.5) is 0 Å². The van der Waals surface area contributed by atoms with Crippen molar-refractivity contribution in [2.75, 3.05) is 20.3 Å². The maximum atomic E-state index is 13.0. The van der Waals surface area contributed by atoms with Crippen molar-refractivity contribution < 1.29 is 33.4 Å². The molecule has 0 saturated carbocycles. The predicted octanol–water partition coefficient (Wildman–Crippen LogP) is 3.20. The average molecular weight is 456 g/mol. The van der Waals surface area contributed by atoms with Crippen LogP contribution in [0.3, 0.4) is 0 Å². The Morgan fingerprint density at radius 3 is 2.18 bits per heavy atom. The van der Waals surface area contributed by atoms with E-state index >= 15 is 0 Å². The lowest BCUT2D eigenvalue weighted by Gasteiger charge is -2.21. The molecule has 2 aromatic carbocycles. The third-order valence-corrected chi connectivity index (χ3v) is 5.38. The lowest BCUT2D eigenvalue weighted by Crippen LogP contribution is -2.40. The molecule has 3 unspecified atom stereocenters. The first-order valence-corrected chi connectivity index (χ1v) is 11.0. The minimum absolute atomic E-state index is 0.0277. The number of hydrogen-bond donors (Lipinski definition) is 0. The van der Waals surface area contributed by atoms with Crippen molar-refractivity contribution in [3.8, 4) is 5.75 Å². The van der Waals surface area contributed by atoms with Crippen molar-refractivity contribution in [2.45, 2.75) is 39.0 Å². The number of hydroxylamine groups is 2. The molecule has 0 radical (unpaired) electrons. The summed E-state index contributed by atoms with van der Waals surface area (Å²) in [6, 6.07) is 15.9. The van der Waals surface area contributed by atoms with E-state index in [0.717, 1.165) is 5.56 Å². The molecule has 1 saturated heterocycles. The summed E-state index contributed by atoms with van der Waals surface area (Å²) in [6.45, 7) is 4.08. The molecule has 0 spiro atoms. The highest BCUT2D eigenvalue weighted by molar-refractivity contribution is 5.97. The summed E-state index contributed by atoms with van der Waals surface area (Å²) in [4.78, 5) is 43.5. The van der Waals surface area contributed by atoms with E-state index in [1.54, 1.807) is 45.2 Å². The molecule has 0 amide bonds. The summed E-state index contributed by atoms with van der Waals surface area (Å²) < 4.78 is 16.0.